The monoisotopic (exact) mass is 914 g/mol. The molecular weight excluding hydrogens is 859 g/mol. The van der Waals surface area contributed by atoms with Gasteiger partial charge < -0.3 is 25.8 Å². The average Bonchev–Trinajstić information content (AvgIpc) is 4.08. The number of aromatic nitrogens is 4. The third kappa shape index (κ3) is 8.25. The first-order valence-electron chi connectivity index (χ1n) is 22.9. The van der Waals surface area contributed by atoms with Crippen LogP contribution in [0, 0.1) is 11.8 Å². The van der Waals surface area contributed by atoms with E-state index < -0.39 is 30.1 Å². The number of piperidine rings is 3. The Morgan fingerprint density at radius 2 is 1.68 bits per heavy atom. The van der Waals surface area contributed by atoms with E-state index in [0.29, 0.717) is 80.7 Å². The number of hydrogen-bond acceptors (Lipinski definition) is 9. The standard InChI is InChI=1S/C49H56ClF5N10/c1-27-6-11-35(28(2)57-27)43-37-12-9-33(24-41(37)63(5)61-43)30-15-20-64(21-16-30)45(49(53,54)55)32-17-22-65(23-18-32)47-56-26-39(50)46(60-47)58-34-10-13-40-38(25-34)42-36(29(3)62(40)4)14-19-48(51,52)44(59-42)31-7-8-31/h9-10,12-13,24-26,30-32,35,44-45,57,59H,1-3,6-8,11,14-23H2,4-5H3,(H,56,58,60). The van der Waals surface area contributed by atoms with Crippen molar-refractivity contribution in [3.05, 3.63) is 107 Å². The minimum atomic E-state index is -4.37. The number of likely N-dealkylation sites (N-methyl/N-ethyl adjacent to an activating group) is 1. The molecule has 3 N–H and O–H groups in total. The Balaban J connectivity index is 0.798. The Labute approximate surface area is 381 Å². The van der Waals surface area contributed by atoms with E-state index in [-0.39, 0.29) is 35.6 Å². The predicted molar refractivity (Wildman–Crippen MR) is 247 cm³/mol. The van der Waals surface area contributed by atoms with Crippen LogP contribution in [0.1, 0.15) is 92.9 Å². The molecule has 1 aliphatic carbocycles. The van der Waals surface area contributed by atoms with Gasteiger partial charge in [-0.15, -0.1) is 0 Å². The van der Waals surface area contributed by atoms with Gasteiger partial charge in [-0.25, -0.2) is 13.8 Å². The highest BCUT2D eigenvalue weighted by Gasteiger charge is 2.51. The average molecular weight is 915 g/mol. The summed E-state index contributed by atoms with van der Waals surface area (Å²) in [6.07, 6.45) is 2.36. The molecule has 1 saturated carbocycles. The quantitative estimate of drug-likeness (QED) is 0.150. The van der Waals surface area contributed by atoms with Gasteiger partial charge in [0.2, 0.25) is 5.95 Å². The van der Waals surface area contributed by atoms with Crippen LogP contribution in [0.3, 0.4) is 0 Å². The van der Waals surface area contributed by atoms with E-state index in [9.17, 15) is 0 Å². The summed E-state index contributed by atoms with van der Waals surface area (Å²) in [7, 11) is 3.83. The zero-order valence-corrected chi connectivity index (χ0v) is 37.7. The number of alkyl halides is 5. The Bertz CT molecular complexity index is 2580. The zero-order chi connectivity index (χ0) is 45.5. The van der Waals surface area contributed by atoms with Crippen molar-refractivity contribution >= 4 is 51.3 Å². The predicted octanol–water partition coefficient (Wildman–Crippen LogP) is 10.8. The van der Waals surface area contributed by atoms with Gasteiger partial charge in [0.05, 0.1) is 29.1 Å². The molecule has 0 radical (unpaired) electrons. The molecule has 7 heterocycles. The van der Waals surface area contributed by atoms with E-state index in [1.54, 1.807) is 4.90 Å². The lowest BCUT2D eigenvalue weighted by Crippen LogP contribution is -2.55. The fourth-order valence-corrected chi connectivity index (χ4v) is 11.4. The summed E-state index contributed by atoms with van der Waals surface area (Å²) in [6, 6.07) is 9.65. The van der Waals surface area contributed by atoms with E-state index in [0.717, 1.165) is 76.1 Å². The van der Waals surface area contributed by atoms with Crippen LogP contribution in [0.25, 0.3) is 16.6 Å². The summed E-state index contributed by atoms with van der Waals surface area (Å²) in [6.45, 7) is 14.0. The summed E-state index contributed by atoms with van der Waals surface area (Å²) in [5.41, 5.74) is 9.45. The van der Waals surface area contributed by atoms with Crippen molar-refractivity contribution in [1.29, 1.82) is 0 Å². The second-order valence-electron chi connectivity index (χ2n) is 19.1. The molecule has 0 amide bonds. The number of rotatable bonds is 8. The topological polar surface area (TPSA) is 89.4 Å². The lowest BCUT2D eigenvalue weighted by molar-refractivity contribution is -0.202. The fourth-order valence-electron chi connectivity index (χ4n) is 11.2. The molecule has 0 bridgehead atoms. The van der Waals surface area contributed by atoms with Crippen LogP contribution in [0.4, 0.5) is 45.1 Å². The van der Waals surface area contributed by atoms with Gasteiger partial charge in [-0.2, -0.15) is 23.3 Å². The van der Waals surface area contributed by atoms with Crippen LogP contribution in [0.2, 0.25) is 5.02 Å². The molecule has 10 rings (SSSR count). The highest BCUT2D eigenvalue weighted by Crippen LogP contribution is 2.49. The van der Waals surface area contributed by atoms with Crippen molar-refractivity contribution in [2.75, 3.05) is 48.3 Å². The number of halogens is 6. The number of benzene rings is 2. The summed E-state index contributed by atoms with van der Waals surface area (Å²) >= 11 is 6.64. The second kappa shape index (κ2) is 16.6. The lowest BCUT2D eigenvalue weighted by Gasteiger charge is -2.44. The number of anilines is 4. The van der Waals surface area contributed by atoms with Gasteiger partial charge >= 0.3 is 6.18 Å². The number of nitrogens with one attached hydrogen (secondary N) is 3. The first kappa shape index (κ1) is 43.7. The van der Waals surface area contributed by atoms with Crippen LogP contribution in [0.15, 0.2) is 85.0 Å². The van der Waals surface area contributed by atoms with Gasteiger partial charge in [-0.1, -0.05) is 43.5 Å². The Morgan fingerprint density at radius 3 is 2.38 bits per heavy atom. The summed E-state index contributed by atoms with van der Waals surface area (Å²) in [5.74, 6) is -2.52. The van der Waals surface area contributed by atoms with Crippen molar-refractivity contribution in [3.63, 3.8) is 0 Å². The minimum Gasteiger partial charge on any atom is -0.375 e. The number of likely N-dealkylation sites (tertiary alicyclic amines) is 1. The van der Waals surface area contributed by atoms with Gasteiger partial charge in [0.15, 0.2) is 5.82 Å². The largest absolute Gasteiger partial charge is 0.404 e. The van der Waals surface area contributed by atoms with E-state index in [4.69, 9.17) is 21.7 Å². The van der Waals surface area contributed by atoms with Crippen LogP contribution in [-0.2, 0) is 7.05 Å². The summed E-state index contributed by atoms with van der Waals surface area (Å²) in [4.78, 5) is 14.8. The van der Waals surface area contributed by atoms with Crippen molar-refractivity contribution in [3.8, 4) is 0 Å². The van der Waals surface area contributed by atoms with Gasteiger partial charge in [0.25, 0.3) is 5.92 Å². The molecular formula is C49H56ClF5N10. The van der Waals surface area contributed by atoms with Crippen LogP contribution in [-0.4, -0.2) is 82.1 Å². The molecule has 0 spiro atoms. The lowest BCUT2D eigenvalue weighted by atomic mass is 9.84. The smallest absolute Gasteiger partial charge is 0.375 e. The molecule has 5 aliphatic heterocycles. The normalized spacial score (nSPS) is 24.1. The maximum atomic E-state index is 15.4. The van der Waals surface area contributed by atoms with Crippen molar-refractivity contribution in [2.24, 2.45) is 18.9 Å². The summed E-state index contributed by atoms with van der Waals surface area (Å²) in [5, 5.41) is 16.1. The van der Waals surface area contributed by atoms with Gasteiger partial charge in [0, 0.05) is 78.9 Å². The number of fused-ring (bicyclic) bond motifs is 3. The molecule has 16 heteroatoms. The second-order valence-corrected chi connectivity index (χ2v) is 19.5. The molecule has 3 unspecified atom stereocenters. The van der Waals surface area contributed by atoms with E-state index >= 15 is 22.0 Å². The Kier molecular flexibility index (Phi) is 11.2. The number of allylic oxidation sites excluding steroid dienone is 3. The maximum absolute atomic E-state index is 15.4. The molecule has 2 aromatic carbocycles. The molecule has 6 aliphatic rings. The third-order valence-electron chi connectivity index (χ3n) is 15.0. The first-order valence-corrected chi connectivity index (χ1v) is 23.3. The Hall–Kier alpha value is -5.15. The molecule has 4 aromatic rings. The molecule has 344 valence electrons. The molecule has 65 heavy (non-hydrogen) atoms. The van der Waals surface area contributed by atoms with Crippen LogP contribution in [0.5, 0.6) is 0 Å². The minimum absolute atomic E-state index is 0.0715. The number of aryl methyl sites for hydroxylation is 1. The van der Waals surface area contributed by atoms with Crippen LogP contribution >= 0.6 is 11.6 Å². The fraction of sp³-hybridized carbons (Fsp3) is 0.490. The SMILES string of the molecule is C=C1CCC(c2nn(C)c3cc(C4CCN(C(C5CCN(c6ncc(Cl)c(Nc7ccc8c(c7)C7=C(CCC(F)(F)C(C9CC9)N7)C(=C)N8C)n6)CC5)C(F)(F)F)CC4)ccc23)C(=C)N1. The first-order chi connectivity index (χ1) is 31.0. The molecule has 10 nitrogen and oxygen atoms in total. The van der Waals surface area contributed by atoms with E-state index in [2.05, 4.69) is 58.9 Å². The molecule has 3 saturated heterocycles. The van der Waals surface area contributed by atoms with E-state index in [1.807, 2.05) is 46.8 Å². The number of nitrogens with zero attached hydrogens (tertiary/aromatic N) is 7. The van der Waals surface area contributed by atoms with E-state index in [1.165, 1.54) is 6.20 Å². The van der Waals surface area contributed by atoms with Crippen molar-refractivity contribution in [1.82, 2.24) is 35.3 Å². The highest BCUT2D eigenvalue weighted by molar-refractivity contribution is 6.32. The Morgan fingerprint density at radius 1 is 0.923 bits per heavy atom. The molecule has 4 fully saturated rings. The third-order valence-corrected chi connectivity index (χ3v) is 15.2. The van der Waals surface area contributed by atoms with Gasteiger partial charge in [-0.3, -0.25) is 9.58 Å². The highest BCUT2D eigenvalue weighted by atomic mass is 35.5. The maximum Gasteiger partial charge on any atom is 0.404 e. The number of hydrogen-bond donors (Lipinski definition) is 3. The molecule has 2 aromatic heterocycles. The van der Waals surface area contributed by atoms with Crippen LogP contribution < -0.4 is 25.8 Å². The van der Waals surface area contributed by atoms with Crippen molar-refractivity contribution < 1.29 is 22.0 Å². The summed E-state index contributed by atoms with van der Waals surface area (Å²) < 4.78 is 77.8. The molecule has 3 atom stereocenters. The van der Waals surface area contributed by atoms with Gasteiger partial charge in [0.1, 0.15) is 11.1 Å². The zero-order valence-electron chi connectivity index (χ0n) is 36.9. The van der Waals surface area contributed by atoms with Gasteiger partial charge in [-0.05, 0) is 124 Å². The van der Waals surface area contributed by atoms with Crippen molar-refractivity contribution in [2.45, 2.75) is 100 Å².